The topological polar surface area (TPSA) is 49.3 Å². The fourth-order valence-electron chi connectivity index (χ4n) is 2.41. The lowest BCUT2D eigenvalue weighted by Crippen LogP contribution is -2.17. The largest absolute Gasteiger partial charge is 0.481 e. The molecule has 2 rings (SSSR count). The third-order valence-electron chi connectivity index (χ3n) is 3.53. The number of hydrogen-bond acceptors (Lipinski definition) is 2. The normalized spacial score (nSPS) is 23.6. The minimum Gasteiger partial charge on any atom is -0.481 e. The van der Waals surface area contributed by atoms with Crippen LogP contribution in [0.5, 0.6) is 0 Å². The maximum Gasteiger partial charge on any atom is 0.307 e. The second kappa shape index (κ2) is 5.41. The quantitative estimate of drug-likeness (QED) is 0.900. The monoisotopic (exact) mass is 311 g/mol. The summed E-state index contributed by atoms with van der Waals surface area (Å²) in [5.41, 5.74) is 2.45. The van der Waals surface area contributed by atoms with Crippen molar-refractivity contribution in [2.24, 2.45) is 5.92 Å². The van der Waals surface area contributed by atoms with Crippen LogP contribution in [0.25, 0.3) is 0 Å². The summed E-state index contributed by atoms with van der Waals surface area (Å²) in [5, 5.41) is 12.3. The van der Waals surface area contributed by atoms with Gasteiger partial charge in [-0.1, -0.05) is 41.9 Å². The molecule has 2 atom stereocenters. The van der Waals surface area contributed by atoms with Crippen molar-refractivity contribution >= 4 is 21.9 Å². The van der Waals surface area contributed by atoms with E-state index in [9.17, 15) is 4.79 Å². The van der Waals surface area contributed by atoms with Crippen molar-refractivity contribution in [1.82, 2.24) is 5.32 Å². The highest BCUT2D eigenvalue weighted by molar-refractivity contribution is 9.10. The van der Waals surface area contributed by atoms with Crippen molar-refractivity contribution in [3.8, 4) is 0 Å². The van der Waals surface area contributed by atoms with E-state index in [1.165, 1.54) is 5.56 Å². The van der Waals surface area contributed by atoms with Crippen molar-refractivity contribution < 1.29 is 9.90 Å². The van der Waals surface area contributed by atoms with Gasteiger partial charge in [0.25, 0.3) is 0 Å². The lowest BCUT2D eigenvalue weighted by molar-refractivity contribution is -0.141. The van der Waals surface area contributed by atoms with Crippen LogP contribution in [0.4, 0.5) is 0 Å². The van der Waals surface area contributed by atoms with Gasteiger partial charge in [0.15, 0.2) is 0 Å². The van der Waals surface area contributed by atoms with E-state index in [0.717, 1.165) is 10.0 Å². The van der Waals surface area contributed by atoms with Gasteiger partial charge in [0.1, 0.15) is 0 Å². The predicted molar refractivity (Wildman–Crippen MR) is 74.7 cm³/mol. The molecule has 3 nitrogen and oxygen atoms in total. The maximum atomic E-state index is 10.9. The fraction of sp³-hybridized carbons (Fsp3) is 0.500. The van der Waals surface area contributed by atoms with Gasteiger partial charge < -0.3 is 10.4 Å². The lowest BCUT2D eigenvalue weighted by Gasteiger charge is -2.14. The van der Waals surface area contributed by atoms with Crippen LogP contribution in [0.3, 0.4) is 0 Å². The molecular weight excluding hydrogens is 294 g/mol. The zero-order valence-electron chi connectivity index (χ0n) is 10.6. The van der Waals surface area contributed by atoms with Crippen LogP contribution in [0, 0.1) is 5.92 Å². The number of carbonyl (C=O) groups is 1. The SMILES string of the molecule is CC(C)c1ccc(C2CC(C(=O)O)CN2)cc1Br. The van der Waals surface area contributed by atoms with Gasteiger partial charge in [-0.2, -0.15) is 0 Å². The molecule has 0 amide bonds. The number of nitrogens with one attached hydrogen (secondary N) is 1. The van der Waals surface area contributed by atoms with E-state index in [1.807, 2.05) is 0 Å². The van der Waals surface area contributed by atoms with E-state index >= 15 is 0 Å². The molecular formula is C14H18BrNO2. The molecule has 1 fully saturated rings. The molecule has 1 heterocycles. The number of rotatable bonds is 3. The van der Waals surface area contributed by atoms with E-state index in [4.69, 9.17) is 5.11 Å². The average molecular weight is 312 g/mol. The van der Waals surface area contributed by atoms with Crippen LogP contribution in [-0.2, 0) is 4.79 Å². The van der Waals surface area contributed by atoms with Crippen LogP contribution in [0.2, 0.25) is 0 Å². The number of halogens is 1. The maximum absolute atomic E-state index is 10.9. The van der Waals surface area contributed by atoms with Gasteiger partial charge in [-0.3, -0.25) is 4.79 Å². The predicted octanol–water partition coefficient (Wildman–Crippen LogP) is 3.31. The Morgan fingerprint density at radius 3 is 2.72 bits per heavy atom. The molecule has 0 radical (unpaired) electrons. The molecule has 1 aliphatic rings. The molecule has 4 heteroatoms. The van der Waals surface area contributed by atoms with Gasteiger partial charge in [-0.25, -0.2) is 0 Å². The van der Waals surface area contributed by atoms with Gasteiger partial charge in [0.2, 0.25) is 0 Å². The van der Waals surface area contributed by atoms with E-state index < -0.39 is 5.97 Å². The molecule has 0 spiro atoms. The van der Waals surface area contributed by atoms with E-state index in [1.54, 1.807) is 0 Å². The number of carboxylic acid groups (broad SMARTS) is 1. The van der Waals surface area contributed by atoms with E-state index in [0.29, 0.717) is 18.9 Å². The number of aliphatic carboxylic acids is 1. The summed E-state index contributed by atoms with van der Waals surface area (Å²) >= 11 is 3.59. The first-order chi connectivity index (χ1) is 8.49. The minimum absolute atomic E-state index is 0.156. The molecule has 1 aromatic carbocycles. The lowest BCUT2D eigenvalue weighted by atomic mass is 9.96. The third kappa shape index (κ3) is 2.75. The summed E-state index contributed by atoms with van der Waals surface area (Å²) in [6, 6.07) is 6.49. The summed E-state index contributed by atoms with van der Waals surface area (Å²) in [5.74, 6) is -0.488. The molecule has 1 aromatic rings. The number of hydrogen-bond donors (Lipinski definition) is 2. The van der Waals surface area contributed by atoms with Gasteiger partial charge in [0, 0.05) is 17.1 Å². The molecule has 0 bridgehead atoms. The smallest absolute Gasteiger partial charge is 0.307 e. The average Bonchev–Trinajstić information content (AvgIpc) is 2.77. The van der Waals surface area contributed by atoms with Crippen molar-refractivity contribution in [1.29, 1.82) is 0 Å². The zero-order chi connectivity index (χ0) is 13.3. The first-order valence-electron chi connectivity index (χ1n) is 6.24. The van der Waals surface area contributed by atoms with Crippen molar-refractivity contribution in [3.63, 3.8) is 0 Å². The van der Waals surface area contributed by atoms with Crippen molar-refractivity contribution in [3.05, 3.63) is 33.8 Å². The van der Waals surface area contributed by atoms with Crippen molar-refractivity contribution in [2.45, 2.75) is 32.2 Å². The van der Waals surface area contributed by atoms with E-state index in [2.05, 4.69) is 53.3 Å². The molecule has 0 aromatic heterocycles. The number of benzene rings is 1. The van der Waals surface area contributed by atoms with E-state index in [-0.39, 0.29) is 12.0 Å². The molecule has 98 valence electrons. The molecule has 18 heavy (non-hydrogen) atoms. The zero-order valence-corrected chi connectivity index (χ0v) is 12.2. The van der Waals surface area contributed by atoms with Crippen LogP contribution in [-0.4, -0.2) is 17.6 Å². The molecule has 1 aliphatic heterocycles. The van der Waals surface area contributed by atoms with Gasteiger partial charge in [0.05, 0.1) is 5.92 Å². The Morgan fingerprint density at radius 2 is 2.22 bits per heavy atom. The molecule has 2 N–H and O–H groups in total. The second-order valence-corrected chi connectivity index (χ2v) is 6.02. The molecule has 0 aliphatic carbocycles. The summed E-state index contributed by atoms with van der Waals surface area (Å²) in [4.78, 5) is 10.9. The third-order valence-corrected chi connectivity index (χ3v) is 4.22. The Bertz CT molecular complexity index is 459. The minimum atomic E-state index is -0.706. The fourth-order valence-corrected chi connectivity index (χ4v) is 3.26. The van der Waals surface area contributed by atoms with Crippen LogP contribution in [0.15, 0.2) is 22.7 Å². The Morgan fingerprint density at radius 1 is 1.50 bits per heavy atom. The molecule has 1 saturated heterocycles. The highest BCUT2D eigenvalue weighted by atomic mass is 79.9. The van der Waals surface area contributed by atoms with Crippen LogP contribution in [0.1, 0.15) is 43.4 Å². The Labute approximate surface area is 116 Å². The Balaban J connectivity index is 2.16. The summed E-state index contributed by atoms with van der Waals surface area (Å²) < 4.78 is 1.11. The highest BCUT2D eigenvalue weighted by Gasteiger charge is 2.30. The standard InChI is InChI=1S/C14H18BrNO2/c1-8(2)11-4-3-9(5-12(11)15)13-6-10(7-16-13)14(17)18/h3-5,8,10,13,16H,6-7H2,1-2H3,(H,17,18). The second-order valence-electron chi connectivity index (χ2n) is 5.17. The Kier molecular flexibility index (Phi) is 4.07. The molecule has 2 unspecified atom stereocenters. The first-order valence-corrected chi connectivity index (χ1v) is 7.04. The summed E-state index contributed by atoms with van der Waals surface area (Å²) in [7, 11) is 0. The van der Waals surface area contributed by atoms with Crippen LogP contribution < -0.4 is 5.32 Å². The number of carboxylic acids is 1. The van der Waals surface area contributed by atoms with Crippen molar-refractivity contribution in [2.75, 3.05) is 6.54 Å². The first kappa shape index (κ1) is 13.6. The highest BCUT2D eigenvalue weighted by Crippen LogP contribution is 2.32. The Hall–Kier alpha value is -0.870. The summed E-state index contributed by atoms with van der Waals surface area (Å²) in [6.07, 6.45) is 0.669. The van der Waals surface area contributed by atoms with Gasteiger partial charge >= 0.3 is 5.97 Å². The summed E-state index contributed by atoms with van der Waals surface area (Å²) in [6.45, 7) is 4.88. The van der Waals surface area contributed by atoms with Crippen LogP contribution >= 0.6 is 15.9 Å². The molecule has 0 saturated carbocycles. The van der Waals surface area contributed by atoms with Gasteiger partial charge in [-0.05, 0) is 29.5 Å². The van der Waals surface area contributed by atoms with Gasteiger partial charge in [-0.15, -0.1) is 0 Å².